The highest BCUT2D eigenvalue weighted by Gasteiger charge is 2.16. The molecule has 0 aliphatic heterocycles. The first kappa shape index (κ1) is 20.9. The van der Waals surface area contributed by atoms with Crippen molar-refractivity contribution < 1.29 is 13.9 Å². The highest BCUT2D eigenvalue weighted by atomic mass is 19.1. The first-order valence-electron chi connectivity index (χ1n) is 9.58. The zero-order valence-corrected chi connectivity index (χ0v) is 17.5. The summed E-state index contributed by atoms with van der Waals surface area (Å²) in [5.74, 6) is 0.523. The lowest BCUT2D eigenvalue weighted by atomic mass is 10.1. The van der Waals surface area contributed by atoms with E-state index in [0.717, 1.165) is 0 Å². The largest absolute Gasteiger partial charge is 0.439 e. The fourth-order valence-electron chi connectivity index (χ4n) is 2.65. The Labute approximate surface area is 182 Å². The van der Waals surface area contributed by atoms with Crippen molar-refractivity contribution in [3.05, 3.63) is 55.0 Å². The number of hydrogen-bond acceptors (Lipinski definition) is 7. The van der Waals surface area contributed by atoms with Crippen molar-refractivity contribution >= 4 is 17.4 Å². The standard InChI is InChI=1S/C20H20FN9O2/c1-20(2,3)30-10-12(9-25-30)26-19(31)27-15-8-13(4-5-14(15)21)32-16-6-7-22-17(28-16)18-23-11-24-29-18/h4-11H,1-3H3,(H,23,24,29)(H2,26,27,31). The maximum atomic E-state index is 14.3. The quantitative estimate of drug-likeness (QED) is 0.432. The molecule has 0 spiro atoms. The molecule has 3 aromatic heterocycles. The molecule has 32 heavy (non-hydrogen) atoms. The molecule has 0 unspecified atom stereocenters. The van der Waals surface area contributed by atoms with Gasteiger partial charge in [0.15, 0.2) is 5.82 Å². The molecule has 0 atom stereocenters. The molecule has 1 aromatic carbocycles. The van der Waals surface area contributed by atoms with Crippen molar-refractivity contribution in [3.63, 3.8) is 0 Å². The third-order valence-electron chi connectivity index (χ3n) is 4.19. The summed E-state index contributed by atoms with van der Waals surface area (Å²) in [6, 6.07) is 4.87. The molecule has 3 heterocycles. The molecule has 11 nitrogen and oxygen atoms in total. The van der Waals surface area contributed by atoms with Crippen LogP contribution in [0.3, 0.4) is 0 Å². The summed E-state index contributed by atoms with van der Waals surface area (Å²) in [6.07, 6.45) is 6.11. The van der Waals surface area contributed by atoms with Crippen LogP contribution in [0.15, 0.2) is 49.2 Å². The minimum absolute atomic E-state index is 0.0623. The van der Waals surface area contributed by atoms with Gasteiger partial charge in [-0.2, -0.15) is 10.1 Å². The van der Waals surface area contributed by atoms with Crippen LogP contribution < -0.4 is 15.4 Å². The number of benzene rings is 1. The lowest BCUT2D eigenvalue weighted by Gasteiger charge is -2.18. The normalized spacial score (nSPS) is 11.2. The van der Waals surface area contributed by atoms with Crippen molar-refractivity contribution in [1.82, 2.24) is 34.9 Å². The minimum Gasteiger partial charge on any atom is -0.439 e. The molecule has 0 bridgehead atoms. The van der Waals surface area contributed by atoms with Crippen LogP contribution in [-0.4, -0.2) is 41.0 Å². The first-order valence-corrected chi connectivity index (χ1v) is 9.58. The van der Waals surface area contributed by atoms with Gasteiger partial charge in [0.2, 0.25) is 11.7 Å². The molecule has 4 rings (SSSR count). The Morgan fingerprint density at radius 3 is 2.78 bits per heavy atom. The highest BCUT2D eigenvalue weighted by Crippen LogP contribution is 2.26. The van der Waals surface area contributed by atoms with Gasteiger partial charge in [-0.1, -0.05) is 0 Å². The Kier molecular flexibility index (Phi) is 5.50. The van der Waals surface area contributed by atoms with E-state index in [2.05, 4.69) is 40.9 Å². The number of aromatic nitrogens is 7. The Balaban J connectivity index is 1.45. The SMILES string of the molecule is CC(C)(C)n1cc(NC(=O)Nc2cc(Oc3ccnc(-c4nnc[nH]4)n3)ccc2F)cn1. The fraction of sp³-hybridized carbons (Fsp3) is 0.200. The molecule has 3 N–H and O–H groups in total. The molecule has 12 heteroatoms. The topological polar surface area (TPSA) is 136 Å². The average molecular weight is 437 g/mol. The number of halogens is 1. The second-order valence-electron chi connectivity index (χ2n) is 7.72. The van der Waals surface area contributed by atoms with E-state index in [-0.39, 0.29) is 28.7 Å². The maximum absolute atomic E-state index is 14.3. The Hall–Kier alpha value is -4.35. The predicted octanol–water partition coefficient (Wildman–Crippen LogP) is 3.79. The van der Waals surface area contributed by atoms with E-state index in [4.69, 9.17) is 4.74 Å². The first-order chi connectivity index (χ1) is 15.3. The number of ether oxygens (including phenoxy) is 1. The Morgan fingerprint density at radius 2 is 2.06 bits per heavy atom. The van der Waals surface area contributed by atoms with Gasteiger partial charge in [0, 0.05) is 24.5 Å². The summed E-state index contributed by atoms with van der Waals surface area (Å²) in [7, 11) is 0. The van der Waals surface area contributed by atoms with Crippen LogP contribution in [0.1, 0.15) is 20.8 Å². The summed E-state index contributed by atoms with van der Waals surface area (Å²) in [5, 5.41) is 16.8. The van der Waals surface area contributed by atoms with E-state index < -0.39 is 11.8 Å². The number of rotatable bonds is 5. The van der Waals surface area contributed by atoms with Crippen LogP contribution in [0.4, 0.5) is 20.6 Å². The molecule has 164 valence electrons. The summed E-state index contributed by atoms with van der Waals surface area (Å²) in [5.41, 5.74) is 0.182. The number of aromatic amines is 1. The van der Waals surface area contributed by atoms with Crippen LogP contribution in [0.25, 0.3) is 11.6 Å². The number of H-pyrrole nitrogens is 1. The highest BCUT2D eigenvalue weighted by molar-refractivity contribution is 5.99. The molecule has 0 aliphatic carbocycles. The van der Waals surface area contributed by atoms with Crippen LogP contribution >= 0.6 is 0 Å². The molecule has 0 saturated carbocycles. The van der Waals surface area contributed by atoms with E-state index >= 15 is 0 Å². The van der Waals surface area contributed by atoms with Gasteiger partial charge >= 0.3 is 6.03 Å². The molecule has 2 amide bonds. The number of nitrogens with one attached hydrogen (secondary N) is 3. The van der Waals surface area contributed by atoms with Crippen molar-refractivity contribution in [2.45, 2.75) is 26.3 Å². The monoisotopic (exact) mass is 437 g/mol. The summed E-state index contributed by atoms with van der Waals surface area (Å²) in [6.45, 7) is 5.95. The van der Waals surface area contributed by atoms with Crippen LogP contribution in [0.5, 0.6) is 11.6 Å². The molecule has 0 fully saturated rings. The van der Waals surface area contributed by atoms with Gasteiger partial charge in [0.1, 0.15) is 17.9 Å². The third-order valence-corrected chi connectivity index (χ3v) is 4.19. The number of hydrogen-bond donors (Lipinski definition) is 3. The Morgan fingerprint density at radius 1 is 1.22 bits per heavy atom. The van der Waals surface area contributed by atoms with E-state index in [1.54, 1.807) is 10.9 Å². The third kappa shape index (κ3) is 4.86. The zero-order chi connectivity index (χ0) is 22.7. The van der Waals surface area contributed by atoms with Crippen LogP contribution in [0, 0.1) is 5.82 Å². The summed E-state index contributed by atoms with van der Waals surface area (Å²) >= 11 is 0. The van der Waals surface area contributed by atoms with E-state index in [0.29, 0.717) is 11.5 Å². The molecule has 4 aromatic rings. The second kappa shape index (κ2) is 8.41. The molecule has 0 aliphatic rings. The van der Waals surface area contributed by atoms with E-state index in [1.165, 1.54) is 43.0 Å². The number of carbonyl (C=O) groups excluding carboxylic acids is 1. The number of urea groups is 1. The van der Waals surface area contributed by atoms with Gasteiger partial charge in [0.25, 0.3) is 0 Å². The second-order valence-corrected chi connectivity index (χ2v) is 7.72. The lowest BCUT2D eigenvalue weighted by Crippen LogP contribution is -2.22. The van der Waals surface area contributed by atoms with E-state index in [1.807, 2.05) is 20.8 Å². The molecular formula is C20H20FN9O2. The average Bonchev–Trinajstić information content (AvgIpc) is 3.43. The number of anilines is 2. The van der Waals surface area contributed by atoms with Gasteiger partial charge in [-0.3, -0.25) is 4.68 Å². The molecule has 0 radical (unpaired) electrons. The summed E-state index contributed by atoms with van der Waals surface area (Å²) < 4.78 is 21.7. The van der Waals surface area contributed by atoms with Crippen LogP contribution in [0.2, 0.25) is 0 Å². The van der Waals surface area contributed by atoms with Crippen molar-refractivity contribution in [2.24, 2.45) is 0 Å². The van der Waals surface area contributed by atoms with Crippen molar-refractivity contribution in [1.29, 1.82) is 0 Å². The predicted molar refractivity (Wildman–Crippen MR) is 114 cm³/mol. The maximum Gasteiger partial charge on any atom is 0.323 e. The smallest absolute Gasteiger partial charge is 0.323 e. The molecular weight excluding hydrogens is 417 g/mol. The number of carbonyl (C=O) groups is 1. The molecule has 0 saturated heterocycles. The van der Waals surface area contributed by atoms with E-state index in [9.17, 15) is 9.18 Å². The van der Waals surface area contributed by atoms with Crippen molar-refractivity contribution in [2.75, 3.05) is 10.6 Å². The zero-order valence-electron chi connectivity index (χ0n) is 17.5. The Bertz CT molecular complexity index is 1230. The minimum atomic E-state index is -0.622. The fourth-order valence-corrected chi connectivity index (χ4v) is 2.65. The number of nitrogens with zero attached hydrogens (tertiary/aromatic N) is 6. The lowest BCUT2D eigenvalue weighted by molar-refractivity contribution is 0.262. The van der Waals surface area contributed by atoms with Gasteiger partial charge in [0.05, 0.1) is 23.1 Å². The van der Waals surface area contributed by atoms with Gasteiger partial charge < -0.3 is 20.4 Å². The van der Waals surface area contributed by atoms with Crippen LogP contribution in [-0.2, 0) is 5.54 Å². The van der Waals surface area contributed by atoms with Gasteiger partial charge in [-0.05, 0) is 32.9 Å². The van der Waals surface area contributed by atoms with Crippen molar-refractivity contribution in [3.8, 4) is 23.3 Å². The summed E-state index contributed by atoms with van der Waals surface area (Å²) in [4.78, 5) is 23.5. The van der Waals surface area contributed by atoms with Gasteiger partial charge in [-0.15, -0.1) is 10.2 Å². The van der Waals surface area contributed by atoms with Gasteiger partial charge in [-0.25, -0.2) is 14.2 Å². The number of amides is 2.